The first-order valence-electron chi connectivity index (χ1n) is 10.5. The van der Waals surface area contributed by atoms with Crippen LogP contribution < -0.4 is 9.64 Å². The third-order valence-electron chi connectivity index (χ3n) is 6.28. The van der Waals surface area contributed by atoms with Gasteiger partial charge in [-0.25, -0.2) is 15.0 Å². The van der Waals surface area contributed by atoms with Crippen LogP contribution in [0.2, 0.25) is 0 Å². The molecule has 0 aromatic carbocycles. The molecule has 152 valence electrons. The number of aryl methyl sites for hydroxylation is 3. The van der Waals surface area contributed by atoms with Crippen molar-refractivity contribution < 1.29 is 4.74 Å². The van der Waals surface area contributed by atoms with Gasteiger partial charge >= 0.3 is 0 Å². The van der Waals surface area contributed by atoms with E-state index in [2.05, 4.69) is 31.8 Å². The standard InChI is InChI=1S/C22H28N6O/c1-14-13-24-22(25-15(14)2)28-7-4-17(5-8-28)20-10-18(20)6-9-29-21-11-19(12-23)26-16(3)27-21/h11,13,17-18,20H,4-10H2,1-3H3/t18-,20-/m1/s1. The van der Waals surface area contributed by atoms with Gasteiger partial charge in [0.05, 0.1) is 6.61 Å². The largest absolute Gasteiger partial charge is 0.478 e. The highest BCUT2D eigenvalue weighted by Gasteiger charge is 2.43. The van der Waals surface area contributed by atoms with Gasteiger partial charge in [0.1, 0.15) is 17.6 Å². The van der Waals surface area contributed by atoms with Gasteiger partial charge in [-0.1, -0.05) is 0 Å². The average Bonchev–Trinajstić information content (AvgIpc) is 3.49. The van der Waals surface area contributed by atoms with E-state index in [1.165, 1.54) is 19.3 Å². The Hall–Kier alpha value is -2.75. The molecule has 3 heterocycles. The van der Waals surface area contributed by atoms with Crippen LogP contribution in [0.3, 0.4) is 0 Å². The van der Waals surface area contributed by atoms with Crippen LogP contribution in [-0.2, 0) is 0 Å². The van der Waals surface area contributed by atoms with Crippen molar-refractivity contribution >= 4 is 5.95 Å². The molecule has 2 fully saturated rings. The first kappa shape index (κ1) is 19.6. The Balaban J connectivity index is 1.21. The fraction of sp³-hybridized carbons (Fsp3) is 0.591. The summed E-state index contributed by atoms with van der Waals surface area (Å²) in [5.41, 5.74) is 2.57. The third kappa shape index (κ3) is 4.64. The highest BCUT2D eigenvalue weighted by Crippen LogP contribution is 2.49. The van der Waals surface area contributed by atoms with Gasteiger partial charge in [0.15, 0.2) is 0 Å². The van der Waals surface area contributed by atoms with E-state index in [9.17, 15) is 0 Å². The van der Waals surface area contributed by atoms with Crippen LogP contribution in [0.15, 0.2) is 12.3 Å². The molecule has 2 aromatic heterocycles. The normalized spacial score (nSPS) is 21.7. The average molecular weight is 393 g/mol. The molecule has 0 bridgehead atoms. The van der Waals surface area contributed by atoms with Gasteiger partial charge in [0, 0.05) is 31.0 Å². The second-order valence-corrected chi connectivity index (χ2v) is 8.31. The van der Waals surface area contributed by atoms with Crippen LogP contribution in [0.25, 0.3) is 0 Å². The smallest absolute Gasteiger partial charge is 0.225 e. The lowest BCUT2D eigenvalue weighted by Crippen LogP contribution is -2.35. The molecule has 4 rings (SSSR count). The molecule has 0 amide bonds. The summed E-state index contributed by atoms with van der Waals surface area (Å²) in [6.45, 7) is 8.62. The zero-order valence-corrected chi connectivity index (χ0v) is 17.4. The monoisotopic (exact) mass is 392 g/mol. The summed E-state index contributed by atoms with van der Waals surface area (Å²) in [6, 6.07) is 3.66. The number of nitriles is 1. The Morgan fingerprint density at radius 1 is 1.17 bits per heavy atom. The van der Waals surface area contributed by atoms with Gasteiger partial charge in [-0.15, -0.1) is 0 Å². The molecule has 0 spiro atoms. The van der Waals surface area contributed by atoms with E-state index in [0.29, 0.717) is 24.0 Å². The molecule has 0 radical (unpaired) electrons. The number of nitrogens with zero attached hydrogens (tertiary/aromatic N) is 6. The lowest BCUT2D eigenvalue weighted by atomic mass is 9.90. The van der Waals surface area contributed by atoms with Gasteiger partial charge < -0.3 is 9.64 Å². The highest BCUT2D eigenvalue weighted by molar-refractivity contribution is 5.33. The maximum Gasteiger partial charge on any atom is 0.225 e. The first-order chi connectivity index (χ1) is 14.0. The van der Waals surface area contributed by atoms with E-state index in [4.69, 9.17) is 10.00 Å². The van der Waals surface area contributed by atoms with Crippen molar-refractivity contribution in [1.29, 1.82) is 5.26 Å². The predicted octanol–water partition coefficient (Wildman–Crippen LogP) is 3.39. The minimum absolute atomic E-state index is 0.358. The zero-order valence-electron chi connectivity index (χ0n) is 17.4. The van der Waals surface area contributed by atoms with Gasteiger partial charge in [-0.2, -0.15) is 10.2 Å². The van der Waals surface area contributed by atoms with E-state index in [-0.39, 0.29) is 0 Å². The topological polar surface area (TPSA) is 87.8 Å². The second-order valence-electron chi connectivity index (χ2n) is 8.31. The molecule has 0 N–H and O–H groups in total. The summed E-state index contributed by atoms with van der Waals surface area (Å²) in [4.78, 5) is 19.8. The van der Waals surface area contributed by atoms with Crippen molar-refractivity contribution in [3.63, 3.8) is 0 Å². The Morgan fingerprint density at radius 3 is 2.69 bits per heavy atom. The fourth-order valence-electron chi connectivity index (χ4n) is 4.36. The summed E-state index contributed by atoms with van der Waals surface area (Å²) >= 11 is 0. The number of ether oxygens (including phenoxy) is 1. The summed E-state index contributed by atoms with van der Waals surface area (Å²) in [7, 11) is 0. The lowest BCUT2D eigenvalue weighted by Gasteiger charge is -2.32. The summed E-state index contributed by atoms with van der Waals surface area (Å²) < 4.78 is 5.78. The van der Waals surface area contributed by atoms with Crippen molar-refractivity contribution in [2.45, 2.75) is 46.5 Å². The van der Waals surface area contributed by atoms with E-state index in [1.54, 1.807) is 13.0 Å². The van der Waals surface area contributed by atoms with E-state index in [1.807, 2.05) is 19.2 Å². The molecule has 29 heavy (non-hydrogen) atoms. The Morgan fingerprint density at radius 2 is 1.97 bits per heavy atom. The third-order valence-corrected chi connectivity index (χ3v) is 6.28. The molecule has 2 aromatic rings. The number of anilines is 1. The second kappa shape index (κ2) is 8.32. The van der Waals surface area contributed by atoms with Crippen LogP contribution in [0.5, 0.6) is 5.88 Å². The van der Waals surface area contributed by atoms with Crippen molar-refractivity contribution in [1.82, 2.24) is 19.9 Å². The Kier molecular flexibility index (Phi) is 5.61. The van der Waals surface area contributed by atoms with Crippen LogP contribution in [0, 0.1) is 49.9 Å². The van der Waals surface area contributed by atoms with E-state index in [0.717, 1.165) is 54.5 Å². The summed E-state index contributed by atoms with van der Waals surface area (Å²) in [5.74, 6) is 4.33. The molecule has 1 aliphatic heterocycles. The van der Waals surface area contributed by atoms with Crippen molar-refractivity contribution in [2.24, 2.45) is 17.8 Å². The van der Waals surface area contributed by atoms with Crippen LogP contribution in [0.4, 0.5) is 5.95 Å². The molecule has 1 saturated heterocycles. The maximum absolute atomic E-state index is 9.00. The number of hydrogen-bond acceptors (Lipinski definition) is 7. The van der Waals surface area contributed by atoms with E-state index < -0.39 is 0 Å². The molecule has 2 atom stereocenters. The predicted molar refractivity (Wildman–Crippen MR) is 110 cm³/mol. The molecule has 1 aliphatic carbocycles. The molecule has 1 saturated carbocycles. The SMILES string of the molecule is Cc1nc(C#N)cc(OCC[C@@H]2C[C@@H]2C2CCN(c3ncc(C)c(C)n3)CC2)n1. The molecular weight excluding hydrogens is 364 g/mol. The highest BCUT2D eigenvalue weighted by atomic mass is 16.5. The van der Waals surface area contributed by atoms with Gasteiger partial charge in [-0.3, -0.25) is 0 Å². The Bertz CT molecular complexity index is 916. The fourth-order valence-corrected chi connectivity index (χ4v) is 4.36. The van der Waals surface area contributed by atoms with Crippen LogP contribution >= 0.6 is 0 Å². The number of hydrogen-bond donors (Lipinski definition) is 0. The summed E-state index contributed by atoms with van der Waals surface area (Å²) in [5, 5.41) is 9.00. The summed E-state index contributed by atoms with van der Waals surface area (Å²) in [6.07, 6.45) is 6.72. The lowest BCUT2D eigenvalue weighted by molar-refractivity contribution is 0.275. The number of rotatable bonds is 6. The van der Waals surface area contributed by atoms with Crippen molar-refractivity contribution in [3.8, 4) is 11.9 Å². The molecular formula is C22H28N6O. The maximum atomic E-state index is 9.00. The molecule has 2 aliphatic rings. The molecule has 7 heteroatoms. The van der Waals surface area contributed by atoms with Crippen LogP contribution in [0.1, 0.15) is 48.5 Å². The minimum atomic E-state index is 0.358. The Labute approximate surface area is 172 Å². The number of piperidine rings is 1. The van der Waals surface area contributed by atoms with Crippen molar-refractivity contribution in [2.75, 3.05) is 24.6 Å². The van der Waals surface area contributed by atoms with Gasteiger partial charge in [0.25, 0.3) is 0 Å². The molecule has 7 nitrogen and oxygen atoms in total. The van der Waals surface area contributed by atoms with Crippen molar-refractivity contribution in [3.05, 3.63) is 35.0 Å². The zero-order chi connectivity index (χ0) is 20.4. The van der Waals surface area contributed by atoms with Crippen LogP contribution in [-0.4, -0.2) is 39.6 Å². The molecule has 0 unspecified atom stereocenters. The van der Waals surface area contributed by atoms with Gasteiger partial charge in [-0.05, 0) is 69.8 Å². The van der Waals surface area contributed by atoms with E-state index >= 15 is 0 Å². The first-order valence-corrected chi connectivity index (χ1v) is 10.5. The van der Waals surface area contributed by atoms with Gasteiger partial charge in [0.2, 0.25) is 11.8 Å². The minimum Gasteiger partial charge on any atom is -0.478 e. The number of aromatic nitrogens is 4. The quantitative estimate of drug-likeness (QED) is 0.744.